The molecule has 0 radical (unpaired) electrons. The fourth-order valence-electron chi connectivity index (χ4n) is 3.78. The Morgan fingerprint density at radius 3 is 2.47 bits per heavy atom. The van der Waals surface area contributed by atoms with Crippen molar-refractivity contribution in [1.82, 2.24) is 20.2 Å². The number of thiocarbonyl (C=S) groups is 1. The quantitative estimate of drug-likeness (QED) is 0.564. The molecule has 1 aliphatic rings. The smallest absolute Gasteiger partial charge is 0.169 e. The maximum atomic E-state index is 6.23. The zero-order chi connectivity index (χ0) is 22.7. The second kappa shape index (κ2) is 9.75. The van der Waals surface area contributed by atoms with Crippen molar-refractivity contribution in [3.63, 3.8) is 0 Å². The van der Waals surface area contributed by atoms with E-state index < -0.39 is 0 Å². The highest BCUT2D eigenvalue weighted by Crippen LogP contribution is 2.34. The molecule has 2 heterocycles. The van der Waals surface area contributed by atoms with E-state index in [4.69, 9.17) is 33.3 Å². The van der Waals surface area contributed by atoms with Gasteiger partial charge in [0.1, 0.15) is 12.1 Å². The van der Waals surface area contributed by atoms with Crippen molar-refractivity contribution in [2.45, 2.75) is 13.5 Å². The number of aryl methyl sites for hydroxylation is 1. The molecule has 0 bridgehead atoms. The van der Waals surface area contributed by atoms with Gasteiger partial charge in [0.2, 0.25) is 0 Å². The third kappa shape index (κ3) is 4.66. The molecule has 3 aromatic rings. The highest BCUT2D eigenvalue weighted by Gasteiger charge is 2.22. The highest BCUT2D eigenvalue weighted by molar-refractivity contribution is 7.80. The number of hydrogen-bond donors (Lipinski definition) is 1. The first-order valence-electron chi connectivity index (χ1n) is 10.4. The van der Waals surface area contributed by atoms with E-state index in [9.17, 15) is 0 Å². The van der Waals surface area contributed by atoms with E-state index in [1.807, 2.05) is 31.2 Å². The van der Waals surface area contributed by atoms with E-state index in [1.54, 1.807) is 20.5 Å². The largest absolute Gasteiger partial charge is 0.493 e. The third-order valence-electron chi connectivity index (χ3n) is 5.67. The van der Waals surface area contributed by atoms with E-state index in [-0.39, 0.29) is 0 Å². The van der Waals surface area contributed by atoms with Gasteiger partial charge in [-0.1, -0.05) is 23.7 Å². The molecule has 1 aromatic heterocycles. The van der Waals surface area contributed by atoms with Gasteiger partial charge in [0.25, 0.3) is 0 Å². The van der Waals surface area contributed by atoms with E-state index in [0.29, 0.717) is 18.0 Å². The zero-order valence-corrected chi connectivity index (χ0v) is 20.0. The van der Waals surface area contributed by atoms with E-state index in [0.717, 1.165) is 64.2 Å². The number of piperazine rings is 1. The van der Waals surface area contributed by atoms with Crippen LogP contribution in [0.1, 0.15) is 11.1 Å². The molecule has 9 heteroatoms. The summed E-state index contributed by atoms with van der Waals surface area (Å²) in [7, 11) is 3.25. The van der Waals surface area contributed by atoms with E-state index in [2.05, 4.69) is 31.2 Å². The van der Waals surface area contributed by atoms with Crippen molar-refractivity contribution in [1.29, 1.82) is 0 Å². The van der Waals surface area contributed by atoms with Gasteiger partial charge in [-0.2, -0.15) is 0 Å². The molecular weight excluding hydrogens is 446 g/mol. The Hall–Kier alpha value is -2.84. The minimum Gasteiger partial charge on any atom is -0.493 e. The lowest BCUT2D eigenvalue weighted by molar-refractivity contribution is 0.355. The van der Waals surface area contributed by atoms with E-state index in [1.165, 1.54) is 0 Å². The van der Waals surface area contributed by atoms with Gasteiger partial charge in [-0.15, -0.1) is 0 Å². The molecule has 2 aromatic carbocycles. The lowest BCUT2D eigenvalue weighted by Gasteiger charge is -2.37. The second-order valence-electron chi connectivity index (χ2n) is 7.64. The van der Waals surface area contributed by atoms with Gasteiger partial charge < -0.3 is 24.6 Å². The Balaban J connectivity index is 1.41. The zero-order valence-electron chi connectivity index (χ0n) is 18.4. The van der Waals surface area contributed by atoms with Crippen molar-refractivity contribution in [2.75, 3.05) is 45.3 Å². The van der Waals surface area contributed by atoms with Gasteiger partial charge in [0.05, 0.1) is 19.7 Å². The number of nitrogens with zero attached hydrogens (tertiary/aromatic N) is 4. The van der Waals surface area contributed by atoms with Crippen LogP contribution in [0, 0.1) is 6.92 Å². The summed E-state index contributed by atoms with van der Waals surface area (Å²) in [6.07, 6.45) is 1.59. The van der Waals surface area contributed by atoms with E-state index >= 15 is 0 Å². The monoisotopic (exact) mass is 471 g/mol. The van der Waals surface area contributed by atoms with Crippen LogP contribution >= 0.6 is 23.8 Å². The van der Waals surface area contributed by atoms with Gasteiger partial charge >= 0.3 is 0 Å². The van der Waals surface area contributed by atoms with Crippen LogP contribution in [0.5, 0.6) is 11.5 Å². The predicted octanol–water partition coefficient (Wildman–Crippen LogP) is 3.81. The maximum absolute atomic E-state index is 6.23. The van der Waals surface area contributed by atoms with Crippen molar-refractivity contribution in [2.24, 2.45) is 0 Å². The highest BCUT2D eigenvalue weighted by atomic mass is 35.5. The van der Waals surface area contributed by atoms with Gasteiger partial charge in [-0.25, -0.2) is 9.97 Å². The Bertz CT molecular complexity index is 1130. The summed E-state index contributed by atoms with van der Waals surface area (Å²) >= 11 is 11.9. The summed E-state index contributed by atoms with van der Waals surface area (Å²) in [5, 5.41) is 5.82. The minimum absolute atomic E-state index is 0.650. The predicted molar refractivity (Wildman–Crippen MR) is 132 cm³/mol. The van der Waals surface area contributed by atoms with Crippen LogP contribution in [0.15, 0.2) is 36.7 Å². The Morgan fingerprint density at radius 1 is 1.06 bits per heavy atom. The number of benzene rings is 2. The topological polar surface area (TPSA) is 62.8 Å². The molecule has 1 saturated heterocycles. The molecule has 32 heavy (non-hydrogen) atoms. The lowest BCUT2D eigenvalue weighted by atomic mass is 10.1. The van der Waals surface area contributed by atoms with Crippen LogP contribution < -0.4 is 19.7 Å². The maximum Gasteiger partial charge on any atom is 0.169 e. The molecule has 1 fully saturated rings. The molecule has 1 N–H and O–H groups in total. The number of ether oxygens (including phenoxy) is 2. The normalized spacial score (nSPS) is 13.9. The molecule has 4 rings (SSSR count). The van der Waals surface area contributed by atoms with Crippen molar-refractivity contribution in [3.05, 3.63) is 52.8 Å². The van der Waals surface area contributed by atoms with Gasteiger partial charge in [-0.3, -0.25) is 0 Å². The molecule has 0 spiro atoms. The number of nitrogens with one attached hydrogen (secondary N) is 1. The van der Waals surface area contributed by atoms with Crippen LogP contribution in [0.3, 0.4) is 0 Å². The first-order chi connectivity index (χ1) is 15.5. The van der Waals surface area contributed by atoms with Crippen LogP contribution in [-0.2, 0) is 6.54 Å². The Labute approximate surface area is 198 Å². The number of aromatic nitrogens is 2. The fraction of sp³-hybridized carbons (Fsp3) is 0.348. The molecular formula is C23H26ClN5O2S. The molecule has 0 unspecified atom stereocenters. The summed E-state index contributed by atoms with van der Waals surface area (Å²) < 4.78 is 10.9. The first kappa shape index (κ1) is 22.4. The van der Waals surface area contributed by atoms with Gasteiger partial charge in [0, 0.05) is 49.2 Å². The summed E-state index contributed by atoms with van der Waals surface area (Å²) in [6.45, 7) is 5.87. The van der Waals surface area contributed by atoms with Crippen LogP contribution in [0.4, 0.5) is 5.82 Å². The average Bonchev–Trinajstić information content (AvgIpc) is 2.83. The summed E-state index contributed by atoms with van der Waals surface area (Å²) in [6, 6.07) is 9.89. The standard InChI is InChI=1S/C23H26ClN5O2S/c1-15-4-5-16(10-18(15)24)13-25-23(32)29-8-6-28(7-9-29)22-17-11-20(30-2)21(31-3)12-19(17)26-14-27-22/h4-5,10-12,14H,6-9,13H2,1-3H3,(H,25,32). The van der Waals surface area contributed by atoms with Crippen molar-refractivity contribution < 1.29 is 9.47 Å². The lowest BCUT2D eigenvalue weighted by Crippen LogP contribution is -2.51. The van der Waals surface area contributed by atoms with Crippen LogP contribution in [-0.4, -0.2) is 60.4 Å². The number of anilines is 1. The molecule has 0 aliphatic carbocycles. The minimum atomic E-state index is 0.650. The molecule has 0 amide bonds. The summed E-state index contributed by atoms with van der Waals surface area (Å²) in [4.78, 5) is 13.4. The Morgan fingerprint density at radius 2 is 1.78 bits per heavy atom. The number of rotatable bonds is 5. The number of fused-ring (bicyclic) bond motifs is 1. The SMILES string of the molecule is COc1cc2ncnc(N3CCN(C(=S)NCc4ccc(C)c(Cl)c4)CC3)c2cc1OC. The molecule has 168 valence electrons. The number of methoxy groups -OCH3 is 2. The van der Waals surface area contributed by atoms with Crippen LogP contribution in [0.25, 0.3) is 10.9 Å². The van der Waals surface area contributed by atoms with Gasteiger partial charge in [0.15, 0.2) is 16.6 Å². The van der Waals surface area contributed by atoms with Crippen LogP contribution in [0.2, 0.25) is 5.02 Å². The molecule has 1 aliphatic heterocycles. The summed E-state index contributed by atoms with van der Waals surface area (Å²) in [5.41, 5.74) is 3.00. The molecule has 0 saturated carbocycles. The molecule has 0 atom stereocenters. The second-order valence-corrected chi connectivity index (χ2v) is 8.43. The summed E-state index contributed by atoms with van der Waals surface area (Å²) in [5.74, 6) is 2.21. The average molecular weight is 472 g/mol. The molecule has 7 nitrogen and oxygen atoms in total. The first-order valence-corrected chi connectivity index (χ1v) is 11.2. The number of hydrogen-bond acceptors (Lipinski definition) is 6. The fourth-order valence-corrected chi connectivity index (χ4v) is 4.24. The Kier molecular flexibility index (Phi) is 6.81. The number of halogens is 1. The van der Waals surface area contributed by atoms with Crippen molar-refractivity contribution in [3.8, 4) is 11.5 Å². The van der Waals surface area contributed by atoms with Gasteiger partial charge in [-0.05, 0) is 42.4 Å². The van der Waals surface area contributed by atoms with Crippen molar-refractivity contribution >= 4 is 45.7 Å². The third-order valence-corrected chi connectivity index (χ3v) is 6.48.